The molecule has 3 aromatic carbocycles. The lowest BCUT2D eigenvalue weighted by atomic mass is 10.1. The summed E-state index contributed by atoms with van der Waals surface area (Å²) in [6.45, 7) is 5.78. The van der Waals surface area contributed by atoms with Gasteiger partial charge in [0, 0.05) is 5.69 Å². The van der Waals surface area contributed by atoms with E-state index in [2.05, 4.69) is 21.2 Å². The third-order valence-electron chi connectivity index (χ3n) is 5.16. The van der Waals surface area contributed by atoms with E-state index < -0.39 is 11.8 Å². The number of nitrogens with one attached hydrogen (secondary N) is 3. The second-order valence-corrected chi connectivity index (χ2v) is 8.78. The van der Waals surface area contributed by atoms with Gasteiger partial charge in [-0.1, -0.05) is 47.5 Å². The van der Waals surface area contributed by atoms with Gasteiger partial charge in [0.25, 0.3) is 5.91 Å². The zero-order chi connectivity index (χ0) is 27.7. The summed E-state index contributed by atoms with van der Waals surface area (Å²) in [4.78, 5) is 36.7. The Hall–Kier alpha value is -4.08. The minimum Gasteiger partial charge on any atom is -0.490 e. The molecule has 0 radical (unpaired) electrons. The maximum Gasteiger partial charge on any atom is 0.329 e. The highest BCUT2D eigenvalue weighted by molar-refractivity contribution is 6.45. The summed E-state index contributed by atoms with van der Waals surface area (Å²) in [5.74, 6) is -1.53. The van der Waals surface area contributed by atoms with E-state index in [9.17, 15) is 14.4 Å². The molecule has 0 aliphatic rings. The molecule has 0 spiro atoms. The maximum absolute atomic E-state index is 12.5. The number of rotatable bonds is 9. The van der Waals surface area contributed by atoms with Crippen LogP contribution in [0.15, 0.2) is 59.7 Å². The van der Waals surface area contributed by atoms with Gasteiger partial charge in [-0.15, -0.1) is 0 Å². The van der Waals surface area contributed by atoms with E-state index in [1.54, 1.807) is 30.3 Å². The van der Waals surface area contributed by atoms with Crippen LogP contribution in [0, 0.1) is 13.8 Å². The largest absolute Gasteiger partial charge is 0.490 e. The summed E-state index contributed by atoms with van der Waals surface area (Å²) < 4.78 is 11.3. The molecule has 3 amide bonds. The Bertz CT molecular complexity index is 1360. The predicted octanol–water partition coefficient (Wildman–Crippen LogP) is 5.12. The number of anilines is 2. The number of carbonyl (C=O) groups is 3. The van der Waals surface area contributed by atoms with E-state index >= 15 is 0 Å². The molecule has 0 atom stereocenters. The average Bonchev–Trinajstić information content (AvgIpc) is 2.88. The summed E-state index contributed by atoms with van der Waals surface area (Å²) >= 11 is 11.9. The molecule has 0 bridgehead atoms. The van der Waals surface area contributed by atoms with Crippen LogP contribution in [0.4, 0.5) is 11.4 Å². The molecule has 198 valence electrons. The van der Waals surface area contributed by atoms with Crippen LogP contribution in [0.3, 0.4) is 0 Å². The first-order valence-corrected chi connectivity index (χ1v) is 12.3. The van der Waals surface area contributed by atoms with Crippen molar-refractivity contribution in [1.82, 2.24) is 5.43 Å². The minimum atomic E-state index is -1.00. The van der Waals surface area contributed by atoms with Crippen molar-refractivity contribution in [2.75, 3.05) is 23.8 Å². The highest BCUT2D eigenvalue weighted by Crippen LogP contribution is 2.30. The van der Waals surface area contributed by atoms with Gasteiger partial charge in [-0.3, -0.25) is 14.4 Å². The van der Waals surface area contributed by atoms with Crippen molar-refractivity contribution >= 4 is 58.5 Å². The Morgan fingerprint density at radius 1 is 0.895 bits per heavy atom. The third kappa shape index (κ3) is 7.71. The lowest BCUT2D eigenvalue weighted by Crippen LogP contribution is -2.32. The first-order valence-electron chi connectivity index (χ1n) is 11.5. The summed E-state index contributed by atoms with van der Waals surface area (Å²) in [5, 5.41) is 9.40. The summed E-state index contributed by atoms with van der Waals surface area (Å²) in [5.41, 5.74) is 5.55. The average molecular weight is 557 g/mol. The number of aryl methyl sites for hydroxylation is 2. The number of benzene rings is 3. The molecule has 11 heteroatoms. The monoisotopic (exact) mass is 556 g/mol. The molecule has 9 nitrogen and oxygen atoms in total. The molecule has 0 aliphatic carbocycles. The van der Waals surface area contributed by atoms with Gasteiger partial charge in [0.15, 0.2) is 18.1 Å². The van der Waals surface area contributed by atoms with Crippen molar-refractivity contribution in [2.24, 2.45) is 5.10 Å². The SMILES string of the molecule is CCOc1cc(/C=N\NC(=O)C(=O)Nc2cccc(Cl)c2Cl)ccc1OCC(=O)Nc1c(C)cccc1C. The number of ether oxygens (including phenoxy) is 2. The van der Waals surface area contributed by atoms with Crippen LogP contribution in [0.25, 0.3) is 0 Å². The van der Waals surface area contributed by atoms with Crippen molar-refractivity contribution in [3.8, 4) is 11.5 Å². The van der Waals surface area contributed by atoms with E-state index in [-0.39, 0.29) is 28.2 Å². The molecule has 3 rings (SSSR count). The molecular weight excluding hydrogens is 531 g/mol. The van der Waals surface area contributed by atoms with Gasteiger partial charge < -0.3 is 20.1 Å². The Morgan fingerprint density at radius 3 is 2.32 bits per heavy atom. The quantitative estimate of drug-likeness (QED) is 0.192. The van der Waals surface area contributed by atoms with Gasteiger partial charge in [-0.05, 0) is 67.8 Å². The fourth-order valence-corrected chi connectivity index (χ4v) is 3.67. The van der Waals surface area contributed by atoms with Gasteiger partial charge in [0.1, 0.15) is 0 Å². The van der Waals surface area contributed by atoms with Crippen LogP contribution in [0.1, 0.15) is 23.6 Å². The summed E-state index contributed by atoms with van der Waals surface area (Å²) in [7, 11) is 0. The smallest absolute Gasteiger partial charge is 0.329 e. The van der Waals surface area contributed by atoms with Gasteiger partial charge in [-0.25, -0.2) is 5.43 Å². The molecule has 0 fully saturated rings. The highest BCUT2D eigenvalue weighted by Gasteiger charge is 2.16. The number of nitrogens with zero attached hydrogens (tertiary/aromatic N) is 1. The summed E-state index contributed by atoms with van der Waals surface area (Å²) in [6, 6.07) is 15.3. The van der Waals surface area contributed by atoms with E-state index in [1.165, 1.54) is 12.3 Å². The minimum absolute atomic E-state index is 0.118. The van der Waals surface area contributed by atoms with Crippen LogP contribution < -0.4 is 25.5 Å². The molecular formula is C27H26Cl2N4O5. The molecule has 3 N–H and O–H groups in total. The van der Waals surface area contributed by atoms with Gasteiger partial charge >= 0.3 is 11.8 Å². The first kappa shape index (κ1) is 28.5. The maximum atomic E-state index is 12.5. The predicted molar refractivity (Wildman–Crippen MR) is 148 cm³/mol. The molecule has 0 saturated heterocycles. The third-order valence-corrected chi connectivity index (χ3v) is 5.98. The van der Waals surface area contributed by atoms with Crippen LogP contribution in [-0.2, 0) is 14.4 Å². The number of para-hydroxylation sites is 1. The standard InChI is InChI=1S/C27H26Cl2N4O5/c1-4-37-22-13-18(14-30-33-27(36)26(35)31-20-10-6-9-19(28)24(20)29)11-12-21(22)38-15-23(34)32-25-16(2)7-5-8-17(25)3/h5-14H,4,15H2,1-3H3,(H,31,35)(H,32,34)(H,33,36)/b30-14-. The van der Waals surface area contributed by atoms with Gasteiger partial charge in [0.2, 0.25) is 0 Å². The zero-order valence-electron chi connectivity index (χ0n) is 20.9. The van der Waals surface area contributed by atoms with Gasteiger partial charge in [-0.2, -0.15) is 5.10 Å². The number of hydrogen-bond donors (Lipinski definition) is 3. The summed E-state index contributed by atoms with van der Waals surface area (Å²) in [6.07, 6.45) is 1.33. The van der Waals surface area contributed by atoms with E-state index in [0.29, 0.717) is 23.7 Å². The number of hydrogen-bond acceptors (Lipinski definition) is 6. The molecule has 0 heterocycles. The van der Waals surface area contributed by atoms with Crippen LogP contribution in [-0.4, -0.2) is 37.1 Å². The highest BCUT2D eigenvalue weighted by atomic mass is 35.5. The molecule has 3 aromatic rings. The van der Waals surface area contributed by atoms with E-state index in [4.69, 9.17) is 32.7 Å². The van der Waals surface area contributed by atoms with Crippen LogP contribution in [0.2, 0.25) is 10.0 Å². The second kappa shape index (κ2) is 13.5. The molecule has 0 aliphatic heterocycles. The van der Waals surface area contributed by atoms with Crippen LogP contribution in [0.5, 0.6) is 11.5 Å². The Morgan fingerprint density at radius 2 is 1.61 bits per heavy atom. The molecule has 0 unspecified atom stereocenters. The van der Waals surface area contributed by atoms with Crippen molar-refractivity contribution in [1.29, 1.82) is 0 Å². The topological polar surface area (TPSA) is 118 Å². The number of hydrazone groups is 1. The number of halogens is 2. The Labute approximate surface area is 230 Å². The molecule has 38 heavy (non-hydrogen) atoms. The van der Waals surface area contributed by atoms with Crippen LogP contribution >= 0.6 is 23.2 Å². The normalized spacial score (nSPS) is 10.7. The van der Waals surface area contributed by atoms with Crippen molar-refractivity contribution in [2.45, 2.75) is 20.8 Å². The number of amides is 3. The Balaban J connectivity index is 1.59. The zero-order valence-corrected chi connectivity index (χ0v) is 22.4. The molecule has 0 aromatic heterocycles. The van der Waals surface area contributed by atoms with E-state index in [1.807, 2.05) is 39.0 Å². The van der Waals surface area contributed by atoms with Gasteiger partial charge in [0.05, 0.1) is 28.6 Å². The first-order chi connectivity index (χ1) is 18.2. The lowest BCUT2D eigenvalue weighted by molar-refractivity contribution is -0.136. The molecule has 0 saturated carbocycles. The number of carbonyl (C=O) groups excluding carboxylic acids is 3. The van der Waals surface area contributed by atoms with Crippen molar-refractivity contribution < 1.29 is 23.9 Å². The fraction of sp³-hybridized carbons (Fsp3) is 0.185. The van der Waals surface area contributed by atoms with Crippen molar-refractivity contribution in [3.63, 3.8) is 0 Å². The van der Waals surface area contributed by atoms with Crippen molar-refractivity contribution in [3.05, 3.63) is 81.3 Å². The Kier molecular flexibility index (Phi) is 10.1. The van der Waals surface area contributed by atoms with E-state index in [0.717, 1.165) is 16.8 Å². The lowest BCUT2D eigenvalue weighted by Gasteiger charge is -2.14. The second-order valence-electron chi connectivity index (χ2n) is 8.00. The fourth-order valence-electron chi connectivity index (χ4n) is 3.32.